The van der Waals surface area contributed by atoms with Crippen LogP contribution in [0.5, 0.6) is 0 Å². The van der Waals surface area contributed by atoms with E-state index in [2.05, 4.69) is 44.5 Å². The van der Waals surface area contributed by atoms with E-state index in [4.69, 9.17) is 23.2 Å². The summed E-state index contributed by atoms with van der Waals surface area (Å²) < 4.78 is -2.64. The van der Waals surface area contributed by atoms with E-state index >= 15 is 0 Å². The van der Waals surface area contributed by atoms with Gasteiger partial charge in [0.1, 0.15) is 8.41 Å². The zero-order chi connectivity index (χ0) is 15.4. The maximum atomic E-state index is 9.51. The number of rotatable bonds is 5. The Labute approximate surface area is 140 Å². The number of hydrogen-bond acceptors (Lipinski definition) is 3. The second-order valence-corrected chi connectivity index (χ2v) is 7.11. The molecule has 1 rings (SSSR count). The van der Waals surface area contributed by atoms with Crippen LogP contribution in [0.1, 0.15) is 5.56 Å². The Morgan fingerprint density at radius 2 is 1.55 bits per heavy atom. The van der Waals surface area contributed by atoms with Crippen molar-refractivity contribution in [1.29, 1.82) is 5.26 Å². The molecule has 0 aliphatic heterocycles. The van der Waals surface area contributed by atoms with E-state index in [1.54, 1.807) is 12.1 Å². The van der Waals surface area contributed by atoms with Crippen LogP contribution >= 0.6 is 48.5 Å². The summed E-state index contributed by atoms with van der Waals surface area (Å²) in [7, 11) is 0. The standard InChI is InChI=1S/C15H13Cl2NS2/c1-3-14(16,19)13(15(17,20)4-2)12(10-18)11-8-6-5-7-9-11/h3-9,19-20H,1-2H2. The Bertz CT molecular complexity index is 562. The number of hydrogen-bond donors (Lipinski definition) is 2. The first-order valence-electron chi connectivity index (χ1n) is 5.60. The molecule has 0 fully saturated rings. The molecule has 1 aromatic carbocycles. The third kappa shape index (κ3) is 3.65. The molecular formula is C15H13Cl2NS2. The van der Waals surface area contributed by atoms with Gasteiger partial charge in [-0.2, -0.15) is 5.26 Å². The average molecular weight is 342 g/mol. The molecule has 0 amide bonds. The highest BCUT2D eigenvalue weighted by Gasteiger charge is 2.39. The van der Waals surface area contributed by atoms with Gasteiger partial charge in [0.25, 0.3) is 0 Å². The van der Waals surface area contributed by atoms with Crippen LogP contribution in [0.4, 0.5) is 0 Å². The second kappa shape index (κ2) is 6.78. The molecule has 0 aliphatic carbocycles. The molecule has 104 valence electrons. The van der Waals surface area contributed by atoms with Gasteiger partial charge in [-0.3, -0.25) is 0 Å². The lowest BCUT2D eigenvalue weighted by Crippen LogP contribution is -2.28. The fourth-order valence-corrected chi connectivity index (χ4v) is 3.00. The third-order valence-electron chi connectivity index (χ3n) is 2.67. The first-order valence-corrected chi connectivity index (χ1v) is 7.25. The summed E-state index contributed by atoms with van der Waals surface area (Å²) in [4.78, 5) is 0. The van der Waals surface area contributed by atoms with Crippen LogP contribution < -0.4 is 0 Å². The minimum atomic E-state index is -1.32. The molecule has 0 bridgehead atoms. The molecule has 1 nitrogen and oxygen atoms in total. The largest absolute Gasteiger partial charge is 0.192 e. The number of nitrogens with zero attached hydrogens (tertiary/aromatic N) is 1. The normalized spacial score (nSPS) is 16.1. The number of allylic oxidation sites excluding steroid dienone is 1. The Hall–Kier alpha value is -0.790. The van der Waals surface area contributed by atoms with Gasteiger partial charge >= 0.3 is 0 Å². The van der Waals surface area contributed by atoms with E-state index in [0.717, 1.165) is 0 Å². The summed E-state index contributed by atoms with van der Waals surface area (Å²) >= 11 is 21.3. The SMILES string of the molecule is C=CC(S)(Cl)C(=C(C#N)c1ccccc1)C(S)(Cl)C=C. The van der Waals surface area contributed by atoms with E-state index in [-0.39, 0.29) is 0 Å². The quantitative estimate of drug-likeness (QED) is 0.332. The van der Waals surface area contributed by atoms with Gasteiger partial charge in [-0.15, -0.1) is 38.4 Å². The van der Waals surface area contributed by atoms with E-state index in [0.29, 0.717) is 16.7 Å². The number of halogens is 2. The van der Waals surface area contributed by atoms with Crippen LogP contribution in [-0.4, -0.2) is 8.41 Å². The van der Waals surface area contributed by atoms with Crippen molar-refractivity contribution in [3.8, 4) is 6.07 Å². The number of nitriles is 1. The summed E-state index contributed by atoms with van der Waals surface area (Å²) in [5.74, 6) is 0. The van der Waals surface area contributed by atoms with Crippen molar-refractivity contribution in [2.45, 2.75) is 8.41 Å². The first kappa shape index (κ1) is 17.3. The van der Waals surface area contributed by atoms with Crippen molar-refractivity contribution in [2.75, 3.05) is 0 Å². The summed E-state index contributed by atoms with van der Waals surface area (Å²) in [6.45, 7) is 7.27. The van der Waals surface area contributed by atoms with E-state index in [1.165, 1.54) is 12.2 Å². The molecular weight excluding hydrogens is 329 g/mol. The van der Waals surface area contributed by atoms with Crippen molar-refractivity contribution < 1.29 is 0 Å². The molecule has 2 unspecified atom stereocenters. The number of thiol groups is 2. The smallest absolute Gasteiger partial charge is 0.130 e. The molecule has 1 aromatic rings. The minimum absolute atomic E-state index is 0.292. The second-order valence-electron chi connectivity index (χ2n) is 3.98. The molecule has 2 atom stereocenters. The molecule has 0 radical (unpaired) electrons. The molecule has 0 N–H and O–H groups in total. The first-order chi connectivity index (χ1) is 9.30. The highest BCUT2D eigenvalue weighted by Crippen LogP contribution is 2.47. The van der Waals surface area contributed by atoms with Gasteiger partial charge < -0.3 is 0 Å². The minimum Gasteiger partial charge on any atom is -0.192 e. The van der Waals surface area contributed by atoms with Crippen molar-refractivity contribution in [1.82, 2.24) is 0 Å². The van der Waals surface area contributed by atoms with Crippen LogP contribution in [-0.2, 0) is 0 Å². The molecule has 0 saturated heterocycles. The Balaban J connectivity index is 3.73. The van der Waals surface area contributed by atoms with Crippen LogP contribution in [0.25, 0.3) is 5.57 Å². The Morgan fingerprint density at radius 3 is 1.90 bits per heavy atom. The number of alkyl halides is 2. The summed E-state index contributed by atoms with van der Waals surface area (Å²) in [5, 5.41) is 9.51. The summed E-state index contributed by atoms with van der Waals surface area (Å²) in [6, 6.07) is 11.2. The fourth-order valence-electron chi connectivity index (χ4n) is 1.67. The Morgan fingerprint density at radius 1 is 1.10 bits per heavy atom. The van der Waals surface area contributed by atoms with E-state index in [9.17, 15) is 5.26 Å². The fraction of sp³-hybridized carbons (Fsp3) is 0.133. The van der Waals surface area contributed by atoms with Crippen LogP contribution in [0.3, 0.4) is 0 Å². The van der Waals surface area contributed by atoms with Gasteiger partial charge in [-0.25, -0.2) is 0 Å². The molecule has 20 heavy (non-hydrogen) atoms. The van der Waals surface area contributed by atoms with Crippen LogP contribution in [0.2, 0.25) is 0 Å². The molecule has 0 spiro atoms. The molecule has 0 heterocycles. The van der Waals surface area contributed by atoms with Crippen LogP contribution in [0, 0.1) is 11.3 Å². The van der Waals surface area contributed by atoms with Crippen molar-refractivity contribution >= 4 is 54.0 Å². The molecule has 0 saturated carbocycles. The van der Waals surface area contributed by atoms with Gasteiger partial charge in [0.15, 0.2) is 0 Å². The lowest BCUT2D eigenvalue weighted by atomic mass is 9.95. The van der Waals surface area contributed by atoms with Gasteiger partial charge in [0.2, 0.25) is 0 Å². The summed E-state index contributed by atoms with van der Waals surface area (Å²) in [6.07, 6.45) is 2.79. The number of benzene rings is 1. The van der Waals surface area contributed by atoms with Crippen molar-refractivity contribution in [3.63, 3.8) is 0 Å². The molecule has 0 aliphatic rings. The van der Waals surface area contributed by atoms with Gasteiger partial charge in [-0.05, 0) is 5.56 Å². The lowest BCUT2D eigenvalue weighted by Gasteiger charge is -2.31. The van der Waals surface area contributed by atoms with Gasteiger partial charge in [0, 0.05) is 5.57 Å². The highest BCUT2D eigenvalue weighted by molar-refractivity contribution is 7.85. The van der Waals surface area contributed by atoms with Gasteiger partial charge in [0.05, 0.1) is 11.6 Å². The van der Waals surface area contributed by atoms with E-state index < -0.39 is 8.41 Å². The highest BCUT2D eigenvalue weighted by atomic mass is 35.5. The topological polar surface area (TPSA) is 23.8 Å². The van der Waals surface area contributed by atoms with Gasteiger partial charge in [-0.1, -0.05) is 65.7 Å². The zero-order valence-corrected chi connectivity index (χ0v) is 13.9. The van der Waals surface area contributed by atoms with Crippen molar-refractivity contribution in [3.05, 3.63) is 66.8 Å². The predicted molar refractivity (Wildman–Crippen MR) is 94.5 cm³/mol. The summed E-state index contributed by atoms with van der Waals surface area (Å²) in [5.41, 5.74) is 1.27. The monoisotopic (exact) mass is 341 g/mol. The third-order valence-corrected chi connectivity index (χ3v) is 4.17. The average Bonchev–Trinajstić information content (AvgIpc) is 2.45. The Kier molecular flexibility index (Phi) is 5.85. The lowest BCUT2D eigenvalue weighted by molar-refractivity contribution is 1.04. The van der Waals surface area contributed by atoms with Crippen LogP contribution in [0.15, 0.2) is 61.2 Å². The zero-order valence-electron chi connectivity index (χ0n) is 10.6. The molecule has 5 heteroatoms. The maximum absolute atomic E-state index is 9.51. The van der Waals surface area contributed by atoms with E-state index in [1.807, 2.05) is 18.2 Å². The van der Waals surface area contributed by atoms with Crippen molar-refractivity contribution in [2.24, 2.45) is 0 Å². The molecule has 0 aromatic heterocycles. The predicted octanol–water partition coefficient (Wildman–Crippen LogP) is 5.07. The maximum Gasteiger partial charge on any atom is 0.130 e.